The number of nitrogens with zero attached hydrogens (tertiary/aromatic N) is 2. The SMILES string of the molecule is O=C(NCc1ccncc1)[C@@H]1[C@H]2C(=O)N(CCc3ccccc3)C[C@]23C=C[C@H]1O3. The standard InChI is InChI=1S/C23H23N3O3/c27-21(25-14-17-7-11-24-12-8-17)19-18-6-10-23(29-18)15-26(22(28)20(19)23)13-9-16-4-2-1-3-5-16/h1-8,10-12,18-20H,9,13-15H2,(H,25,27)/t18-,19+,20+,23-/m1/s1. The highest BCUT2D eigenvalue weighted by molar-refractivity contribution is 5.93. The van der Waals surface area contributed by atoms with Crippen LogP contribution in [-0.2, 0) is 27.3 Å². The number of hydrogen-bond donors (Lipinski definition) is 1. The number of aromatic nitrogens is 1. The predicted molar refractivity (Wildman–Crippen MR) is 107 cm³/mol. The van der Waals surface area contributed by atoms with E-state index >= 15 is 0 Å². The Morgan fingerprint density at radius 3 is 2.76 bits per heavy atom. The van der Waals surface area contributed by atoms with Crippen LogP contribution in [0.2, 0.25) is 0 Å². The molecular formula is C23H23N3O3. The Balaban J connectivity index is 1.28. The molecule has 1 aromatic carbocycles. The van der Waals surface area contributed by atoms with Gasteiger partial charge in [-0.25, -0.2) is 0 Å². The molecule has 0 unspecified atom stereocenters. The van der Waals surface area contributed by atoms with Gasteiger partial charge < -0.3 is 15.0 Å². The molecule has 3 aliphatic heterocycles. The average molecular weight is 389 g/mol. The minimum Gasteiger partial charge on any atom is -0.360 e. The molecule has 0 saturated carbocycles. The van der Waals surface area contributed by atoms with Crippen LogP contribution in [0.3, 0.4) is 0 Å². The average Bonchev–Trinajstić information content (AvgIpc) is 3.40. The first-order valence-corrected chi connectivity index (χ1v) is 10.0. The highest BCUT2D eigenvalue weighted by Gasteiger charge is 2.66. The molecule has 5 rings (SSSR count). The monoisotopic (exact) mass is 389 g/mol. The normalized spacial score (nSPS) is 29.3. The van der Waals surface area contributed by atoms with E-state index in [4.69, 9.17) is 4.74 Å². The van der Waals surface area contributed by atoms with Gasteiger partial charge >= 0.3 is 0 Å². The number of nitrogens with one attached hydrogen (secondary N) is 1. The number of pyridine rings is 1. The third-order valence-corrected chi connectivity index (χ3v) is 6.21. The molecule has 4 heterocycles. The van der Waals surface area contributed by atoms with Crippen LogP contribution < -0.4 is 5.32 Å². The summed E-state index contributed by atoms with van der Waals surface area (Å²) in [5.41, 5.74) is 1.52. The van der Waals surface area contributed by atoms with Gasteiger partial charge in [0, 0.05) is 25.5 Å². The number of ether oxygens (including phenoxy) is 1. The van der Waals surface area contributed by atoms with Crippen molar-refractivity contribution in [1.82, 2.24) is 15.2 Å². The Morgan fingerprint density at radius 1 is 1.17 bits per heavy atom. The van der Waals surface area contributed by atoms with Gasteiger partial charge in [-0.2, -0.15) is 0 Å². The molecule has 2 fully saturated rings. The van der Waals surface area contributed by atoms with E-state index in [9.17, 15) is 9.59 Å². The second-order valence-corrected chi connectivity index (χ2v) is 7.97. The minimum atomic E-state index is -0.656. The molecule has 4 atom stereocenters. The number of amides is 2. The van der Waals surface area contributed by atoms with Crippen LogP contribution in [0.4, 0.5) is 0 Å². The van der Waals surface area contributed by atoms with Crippen LogP contribution in [0.5, 0.6) is 0 Å². The fraction of sp³-hybridized carbons (Fsp3) is 0.348. The first-order valence-electron chi connectivity index (χ1n) is 10.0. The maximum atomic E-state index is 13.2. The van der Waals surface area contributed by atoms with Crippen LogP contribution in [0, 0.1) is 11.8 Å². The summed E-state index contributed by atoms with van der Waals surface area (Å²) >= 11 is 0. The summed E-state index contributed by atoms with van der Waals surface area (Å²) in [5, 5.41) is 2.98. The van der Waals surface area contributed by atoms with E-state index in [1.54, 1.807) is 12.4 Å². The smallest absolute Gasteiger partial charge is 0.230 e. The topological polar surface area (TPSA) is 71.5 Å². The predicted octanol–water partition coefficient (Wildman–Crippen LogP) is 1.72. The number of carbonyl (C=O) groups excluding carboxylic acids is 2. The van der Waals surface area contributed by atoms with Gasteiger partial charge in [-0.1, -0.05) is 42.5 Å². The minimum absolute atomic E-state index is 0.0249. The zero-order valence-corrected chi connectivity index (χ0v) is 16.0. The summed E-state index contributed by atoms with van der Waals surface area (Å²) in [6.45, 7) is 1.57. The Kier molecular flexibility index (Phi) is 4.43. The molecule has 148 valence electrons. The van der Waals surface area contributed by atoms with Gasteiger partial charge in [0.05, 0.1) is 24.5 Å². The largest absolute Gasteiger partial charge is 0.360 e. The number of fused-ring (bicyclic) bond motifs is 1. The molecule has 3 aliphatic rings. The van der Waals surface area contributed by atoms with Crippen molar-refractivity contribution in [2.24, 2.45) is 11.8 Å². The van der Waals surface area contributed by atoms with Crippen LogP contribution in [0.25, 0.3) is 0 Å². The van der Waals surface area contributed by atoms with Crippen LogP contribution in [-0.4, -0.2) is 46.5 Å². The van der Waals surface area contributed by atoms with Crippen molar-refractivity contribution in [3.05, 3.63) is 78.1 Å². The quantitative estimate of drug-likeness (QED) is 0.764. The third kappa shape index (κ3) is 3.13. The van der Waals surface area contributed by atoms with Crippen molar-refractivity contribution in [1.29, 1.82) is 0 Å². The lowest BCUT2D eigenvalue weighted by Crippen LogP contribution is -2.44. The number of rotatable bonds is 6. The number of likely N-dealkylation sites (tertiary alicyclic amines) is 1. The van der Waals surface area contributed by atoms with Crippen LogP contribution >= 0.6 is 0 Å². The van der Waals surface area contributed by atoms with Gasteiger partial charge in [0.25, 0.3) is 0 Å². The fourth-order valence-electron chi connectivity index (χ4n) is 4.78. The number of carbonyl (C=O) groups is 2. The molecule has 2 amide bonds. The Morgan fingerprint density at radius 2 is 1.97 bits per heavy atom. The van der Waals surface area contributed by atoms with Gasteiger partial charge in [0.2, 0.25) is 11.8 Å². The van der Waals surface area contributed by atoms with E-state index in [2.05, 4.69) is 22.4 Å². The first-order chi connectivity index (χ1) is 14.2. The lowest BCUT2D eigenvalue weighted by molar-refractivity contribution is -0.137. The van der Waals surface area contributed by atoms with Crippen LogP contribution in [0.15, 0.2) is 67.0 Å². The van der Waals surface area contributed by atoms with Crippen molar-refractivity contribution < 1.29 is 14.3 Å². The molecule has 1 N–H and O–H groups in total. The molecule has 29 heavy (non-hydrogen) atoms. The second kappa shape index (κ2) is 7.12. The third-order valence-electron chi connectivity index (χ3n) is 6.21. The Hall–Kier alpha value is -2.99. The van der Waals surface area contributed by atoms with Crippen molar-refractivity contribution in [2.75, 3.05) is 13.1 Å². The summed E-state index contributed by atoms with van der Waals surface area (Å²) in [6, 6.07) is 13.9. The zero-order valence-electron chi connectivity index (χ0n) is 16.0. The van der Waals surface area contributed by atoms with Gasteiger partial charge in [0.15, 0.2) is 0 Å². The maximum absolute atomic E-state index is 13.2. The molecule has 2 bridgehead atoms. The van der Waals surface area contributed by atoms with E-state index in [1.807, 2.05) is 47.4 Å². The van der Waals surface area contributed by atoms with Crippen molar-refractivity contribution in [3.8, 4) is 0 Å². The van der Waals surface area contributed by atoms with Gasteiger partial charge in [-0.05, 0) is 29.7 Å². The zero-order chi connectivity index (χ0) is 19.8. The second-order valence-electron chi connectivity index (χ2n) is 7.97. The molecular weight excluding hydrogens is 366 g/mol. The summed E-state index contributed by atoms with van der Waals surface area (Å²) in [7, 11) is 0. The number of hydrogen-bond acceptors (Lipinski definition) is 4. The van der Waals surface area contributed by atoms with E-state index < -0.39 is 17.4 Å². The molecule has 1 aromatic heterocycles. The molecule has 6 heteroatoms. The van der Waals surface area contributed by atoms with E-state index in [1.165, 1.54) is 5.56 Å². The molecule has 0 aliphatic carbocycles. The van der Waals surface area contributed by atoms with E-state index in [-0.39, 0.29) is 17.9 Å². The Labute approximate surface area is 169 Å². The summed E-state index contributed by atoms with van der Waals surface area (Å²) < 4.78 is 6.18. The van der Waals surface area contributed by atoms with Crippen molar-refractivity contribution >= 4 is 11.8 Å². The summed E-state index contributed by atoms with van der Waals surface area (Å²) in [6.07, 6.45) is 7.81. The molecule has 2 saturated heterocycles. The van der Waals surface area contributed by atoms with Gasteiger partial charge in [0.1, 0.15) is 5.60 Å². The molecule has 2 aromatic rings. The lowest BCUT2D eigenvalue weighted by Gasteiger charge is -2.23. The highest BCUT2D eigenvalue weighted by Crippen LogP contribution is 2.51. The summed E-state index contributed by atoms with van der Waals surface area (Å²) in [4.78, 5) is 32.0. The van der Waals surface area contributed by atoms with Crippen LogP contribution in [0.1, 0.15) is 11.1 Å². The fourth-order valence-corrected chi connectivity index (χ4v) is 4.78. The molecule has 0 radical (unpaired) electrons. The summed E-state index contributed by atoms with van der Waals surface area (Å²) in [5.74, 6) is -1.01. The van der Waals surface area contributed by atoms with Crippen molar-refractivity contribution in [3.63, 3.8) is 0 Å². The molecule has 1 spiro atoms. The van der Waals surface area contributed by atoms with Gasteiger partial charge in [-0.3, -0.25) is 14.6 Å². The van der Waals surface area contributed by atoms with Gasteiger partial charge in [-0.15, -0.1) is 0 Å². The first kappa shape index (κ1) is 18.1. The molecule has 6 nitrogen and oxygen atoms in total. The van der Waals surface area contributed by atoms with E-state index in [0.29, 0.717) is 19.6 Å². The Bertz CT molecular complexity index is 946. The maximum Gasteiger partial charge on any atom is 0.230 e. The lowest BCUT2D eigenvalue weighted by atomic mass is 9.77. The number of benzene rings is 1. The van der Waals surface area contributed by atoms with Crippen molar-refractivity contribution in [2.45, 2.75) is 24.7 Å². The van der Waals surface area contributed by atoms with E-state index in [0.717, 1.165) is 12.0 Å². The highest BCUT2D eigenvalue weighted by atomic mass is 16.5.